The van der Waals surface area contributed by atoms with E-state index in [1.54, 1.807) is 0 Å². The minimum absolute atomic E-state index is 0.0689. The molecule has 0 saturated heterocycles. The summed E-state index contributed by atoms with van der Waals surface area (Å²) in [5.74, 6) is 0.587. The lowest BCUT2D eigenvalue weighted by Crippen LogP contribution is -2.37. The van der Waals surface area contributed by atoms with Crippen molar-refractivity contribution < 1.29 is 4.74 Å². The summed E-state index contributed by atoms with van der Waals surface area (Å²) in [6.45, 7) is 6.17. The standard InChI is InChI=1S/C9H18N6OS/c1-3-16-6-4-5-10-9(17)11-7(2)8-12-14-15-13-8/h7H,3-6H2,1-2H3,(H2,10,11,17)(H,12,13,14,15). The van der Waals surface area contributed by atoms with Gasteiger partial charge in [-0.1, -0.05) is 5.21 Å². The number of rotatable bonds is 7. The minimum Gasteiger partial charge on any atom is -0.382 e. The number of aromatic nitrogens is 4. The van der Waals surface area contributed by atoms with Gasteiger partial charge in [0.2, 0.25) is 0 Å². The highest BCUT2D eigenvalue weighted by molar-refractivity contribution is 7.80. The molecule has 0 amide bonds. The zero-order chi connectivity index (χ0) is 12.5. The second kappa shape index (κ2) is 7.91. The normalized spacial score (nSPS) is 12.1. The first-order valence-corrected chi connectivity index (χ1v) is 6.00. The van der Waals surface area contributed by atoms with Gasteiger partial charge in [0.15, 0.2) is 10.9 Å². The van der Waals surface area contributed by atoms with Crippen LogP contribution in [0.3, 0.4) is 0 Å². The Morgan fingerprint density at radius 1 is 1.59 bits per heavy atom. The zero-order valence-electron chi connectivity index (χ0n) is 10.1. The molecule has 3 N–H and O–H groups in total. The molecule has 8 heteroatoms. The Bertz CT molecular complexity index is 317. The van der Waals surface area contributed by atoms with E-state index in [1.165, 1.54) is 0 Å². The monoisotopic (exact) mass is 258 g/mol. The van der Waals surface area contributed by atoms with E-state index in [4.69, 9.17) is 17.0 Å². The predicted molar refractivity (Wildman–Crippen MR) is 67.4 cm³/mol. The van der Waals surface area contributed by atoms with E-state index in [2.05, 4.69) is 31.3 Å². The molecular formula is C9H18N6OS. The van der Waals surface area contributed by atoms with Gasteiger partial charge in [-0.2, -0.15) is 5.21 Å². The minimum atomic E-state index is -0.0689. The van der Waals surface area contributed by atoms with Crippen molar-refractivity contribution in [3.05, 3.63) is 5.82 Å². The van der Waals surface area contributed by atoms with Crippen molar-refractivity contribution in [1.29, 1.82) is 0 Å². The Balaban J connectivity index is 2.12. The SMILES string of the molecule is CCOCCCNC(=S)NC(C)c1nn[nH]n1. The summed E-state index contributed by atoms with van der Waals surface area (Å²) in [6.07, 6.45) is 0.923. The smallest absolute Gasteiger partial charge is 0.196 e. The van der Waals surface area contributed by atoms with Gasteiger partial charge in [0.05, 0.1) is 6.04 Å². The van der Waals surface area contributed by atoms with Crippen LogP contribution in [0.5, 0.6) is 0 Å². The number of nitrogens with one attached hydrogen (secondary N) is 3. The molecule has 0 aliphatic rings. The Hall–Kier alpha value is -1.28. The number of H-pyrrole nitrogens is 1. The summed E-state index contributed by atoms with van der Waals surface area (Å²) in [7, 11) is 0. The quantitative estimate of drug-likeness (QED) is 0.474. The maximum atomic E-state index is 5.22. The Morgan fingerprint density at radius 3 is 3.06 bits per heavy atom. The first kappa shape index (κ1) is 13.8. The van der Waals surface area contributed by atoms with Crippen LogP contribution in [0.1, 0.15) is 32.1 Å². The number of ether oxygens (including phenoxy) is 1. The third kappa shape index (κ3) is 5.55. The highest BCUT2D eigenvalue weighted by Gasteiger charge is 2.10. The van der Waals surface area contributed by atoms with E-state index < -0.39 is 0 Å². The van der Waals surface area contributed by atoms with Gasteiger partial charge in [0, 0.05) is 19.8 Å². The van der Waals surface area contributed by atoms with Crippen molar-refractivity contribution in [1.82, 2.24) is 31.3 Å². The Morgan fingerprint density at radius 2 is 2.41 bits per heavy atom. The molecule has 1 aromatic rings. The lowest BCUT2D eigenvalue weighted by atomic mass is 10.3. The summed E-state index contributed by atoms with van der Waals surface area (Å²) >= 11 is 5.13. The fourth-order valence-corrected chi connectivity index (χ4v) is 1.46. The molecule has 0 fully saturated rings. The van der Waals surface area contributed by atoms with Crippen LogP contribution in [0.25, 0.3) is 0 Å². The van der Waals surface area contributed by atoms with Crippen LogP contribution in [0.15, 0.2) is 0 Å². The first-order valence-electron chi connectivity index (χ1n) is 5.59. The number of hydrogen-bond donors (Lipinski definition) is 3. The molecule has 1 rings (SSSR count). The number of tetrazole rings is 1. The molecule has 0 spiro atoms. The van der Waals surface area contributed by atoms with Gasteiger partial charge >= 0.3 is 0 Å². The lowest BCUT2D eigenvalue weighted by Gasteiger charge is -2.13. The largest absolute Gasteiger partial charge is 0.382 e. The molecule has 1 atom stereocenters. The van der Waals surface area contributed by atoms with Crippen LogP contribution in [0, 0.1) is 0 Å². The van der Waals surface area contributed by atoms with E-state index in [1.807, 2.05) is 13.8 Å². The van der Waals surface area contributed by atoms with E-state index in [0.29, 0.717) is 10.9 Å². The van der Waals surface area contributed by atoms with Crippen molar-refractivity contribution in [3.8, 4) is 0 Å². The second-order valence-corrected chi connectivity index (χ2v) is 3.85. The molecule has 96 valence electrons. The fourth-order valence-electron chi connectivity index (χ4n) is 1.19. The van der Waals surface area contributed by atoms with Crippen LogP contribution in [0.2, 0.25) is 0 Å². The highest BCUT2D eigenvalue weighted by atomic mass is 32.1. The Labute approximate surface area is 106 Å². The number of nitrogens with zero attached hydrogens (tertiary/aromatic N) is 3. The summed E-state index contributed by atoms with van der Waals surface area (Å²) in [5.41, 5.74) is 0. The topological polar surface area (TPSA) is 87.8 Å². The first-order chi connectivity index (χ1) is 8.24. The van der Waals surface area contributed by atoms with E-state index >= 15 is 0 Å². The third-order valence-electron chi connectivity index (χ3n) is 2.05. The summed E-state index contributed by atoms with van der Waals surface area (Å²) in [5, 5.41) is 20.4. The third-order valence-corrected chi connectivity index (χ3v) is 2.31. The van der Waals surface area contributed by atoms with Crippen LogP contribution in [-0.4, -0.2) is 45.5 Å². The second-order valence-electron chi connectivity index (χ2n) is 3.44. The van der Waals surface area contributed by atoms with Gasteiger partial charge in [-0.25, -0.2) is 0 Å². The molecule has 0 radical (unpaired) electrons. The average Bonchev–Trinajstić information content (AvgIpc) is 2.82. The van der Waals surface area contributed by atoms with Gasteiger partial charge in [0.25, 0.3) is 0 Å². The highest BCUT2D eigenvalue weighted by Crippen LogP contribution is 2.01. The fraction of sp³-hybridized carbons (Fsp3) is 0.778. The van der Waals surface area contributed by atoms with Gasteiger partial charge in [0.1, 0.15) is 0 Å². The zero-order valence-corrected chi connectivity index (χ0v) is 10.9. The molecule has 1 aromatic heterocycles. The van der Waals surface area contributed by atoms with Gasteiger partial charge in [-0.15, -0.1) is 10.2 Å². The van der Waals surface area contributed by atoms with Gasteiger partial charge in [-0.3, -0.25) is 0 Å². The molecule has 17 heavy (non-hydrogen) atoms. The van der Waals surface area contributed by atoms with Crippen molar-refractivity contribution in [2.45, 2.75) is 26.3 Å². The predicted octanol–water partition coefficient (Wildman–Crippen LogP) is 0.151. The lowest BCUT2D eigenvalue weighted by molar-refractivity contribution is 0.145. The molecule has 1 unspecified atom stereocenters. The molecule has 1 heterocycles. The molecule has 0 aromatic carbocycles. The van der Waals surface area contributed by atoms with Gasteiger partial charge in [-0.05, 0) is 32.5 Å². The maximum Gasteiger partial charge on any atom is 0.196 e. The van der Waals surface area contributed by atoms with Crippen LogP contribution < -0.4 is 10.6 Å². The van der Waals surface area contributed by atoms with Crippen LogP contribution >= 0.6 is 12.2 Å². The molecule has 0 aliphatic heterocycles. The van der Waals surface area contributed by atoms with Crippen molar-refractivity contribution >= 4 is 17.3 Å². The molecule has 0 bridgehead atoms. The number of hydrogen-bond acceptors (Lipinski definition) is 5. The number of aromatic amines is 1. The number of thiocarbonyl (C=S) groups is 1. The molecule has 7 nitrogen and oxygen atoms in total. The molecular weight excluding hydrogens is 240 g/mol. The van der Waals surface area contributed by atoms with Gasteiger partial charge < -0.3 is 15.4 Å². The maximum absolute atomic E-state index is 5.22. The van der Waals surface area contributed by atoms with Crippen LogP contribution in [-0.2, 0) is 4.74 Å². The average molecular weight is 258 g/mol. The van der Waals surface area contributed by atoms with E-state index in [9.17, 15) is 0 Å². The summed E-state index contributed by atoms with van der Waals surface area (Å²) in [4.78, 5) is 0. The molecule has 0 saturated carbocycles. The molecule has 0 aliphatic carbocycles. The van der Waals surface area contributed by atoms with E-state index in [0.717, 1.165) is 26.2 Å². The van der Waals surface area contributed by atoms with Crippen LogP contribution in [0.4, 0.5) is 0 Å². The van der Waals surface area contributed by atoms with E-state index in [-0.39, 0.29) is 6.04 Å². The van der Waals surface area contributed by atoms with Crippen molar-refractivity contribution in [2.75, 3.05) is 19.8 Å². The summed E-state index contributed by atoms with van der Waals surface area (Å²) < 4.78 is 5.22. The van der Waals surface area contributed by atoms with Crippen molar-refractivity contribution in [3.63, 3.8) is 0 Å². The Kier molecular flexibility index (Phi) is 6.41. The summed E-state index contributed by atoms with van der Waals surface area (Å²) in [6, 6.07) is -0.0689. The van der Waals surface area contributed by atoms with Crippen molar-refractivity contribution in [2.24, 2.45) is 0 Å².